The molecule has 0 saturated carbocycles. The first-order valence-electron chi connectivity index (χ1n) is 8.11. The van der Waals surface area contributed by atoms with E-state index in [1.54, 1.807) is 0 Å². The summed E-state index contributed by atoms with van der Waals surface area (Å²) in [6.45, 7) is 6.99. The van der Waals surface area contributed by atoms with Gasteiger partial charge in [0, 0.05) is 20.0 Å². The van der Waals surface area contributed by atoms with Crippen molar-refractivity contribution in [2.75, 3.05) is 13.6 Å². The molecule has 0 spiro atoms. The topological polar surface area (TPSA) is 37.7 Å². The third-order valence-corrected chi connectivity index (χ3v) is 4.25. The lowest BCUT2D eigenvalue weighted by molar-refractivity contribution is 0.211. The van der Waals surface area contributed by atoms with E-state index >= 15 is 0 Å². The van der Waals surface area contributed by atoms with Crippen molar-refractivity contribution in [3.8, 4) is 5.88 Å². The van der Waals surface area contributed by atoms with Crippen LogP contribution < -0.4 is 4.74 Å². The van der Waals surface area contributed by atoms with Gasteiger partial charge in [-0.05, 0) is 48.3 Å². The minimum atomic E-state index is 0.0381. The molecule has 0 aliphatic carbocycles. The van der Waals surface area contributed by atoms with Crippen molar-refractivity contribution >= 4 is 28.0 Å². The molecule has 4 nitrogen and oxygen atoms in total. The molecule has 0 saturated heterocycles. The van der Waals surface area contributed by atoms with E-state index in [2.05, 4.69) is 51.9 Å². The molecule has 0 fully saturated rings. The van der Waals surface area contributed by atoms with Crippen molar-refractivity contribution in [3.63, 3.8) is 0 Å². The van der Waals surface area contributed by atoms with Crippen LogP contribution in [-0.4, -0.2) is 35.9 Å². The Bertz CT molecular complexity index is 689. The molecule has 0 aliphatic rings. The monoisotopic (exact) mass is 389 g/mol. The van der Waals surface area contributed by atoms with E-state index in [0.717, 1.165) is 28.8 Å². The van der Waals surface area contributed by atoms with E-state index in [-0.39, 0.29) is 6.10 Å². The van der Waals surface area contributed by atoms with Gasteiger partial charge in [0.25, 0.3) is 0 Å². The maximum absolute atomic E-state index is 6.01. The van der Waals surface area contributed by atoms with Crippen molar-refractivity contribution in [1.82, 2.24) is 9.88 Å². The quantitative estimate of drug-likeness (QED) is 0.505. The van der Waals surface area contributed by atoms with Crippen molar-refractivity contribution < 1.29 is 4.74 Å². The number of rotatable bonds is 7. The maximum Gasteiger partial charge on any atom is 0.228 e. The number of benzene rings is 1. The summed E-state index contributed by atoms with van der Waals surface area (Å²) in [5, 5.41) is 0. The van der Waals surface area contributed by atoms with Crippen LogP contribution >= 0.6 is 15.9 Å². The van der Waals surface area contributed by atoms with Crippen molar-refractivity contribution in [3.05, 3.63) is 52.1 Å². The zero-order valence-corrected chi connectivity index (χ0v) is 16.2. The van der Waals surface area contributed by atoms with E-state index in [4.69, 9.17) is 4.74 Å². The second-order valence-electron chi connectivity index (χ2n) is 5.82. The number of ether oxygens (including phenoxy) is 1. The molecule has 0 aliphatic heterocycles. The second-order valence-corrected chi connectivity index (χ2v) is 6.67. The molecule has 0 N–H and O–H groups in total. The number of aromatic nitrogens is 1. The molecular weight excluding hydrogens is 366 g/mol. The Balaban J connectivity index is 2.08. The van der Waals surface area contributed by atoms with Gasteiger partial charge in [-0.1, -0.05) is 30.3 Å². The Morgan fingerprint density at radius 1 is 1.33 bits per heavy atom. The highest BCUT2D eigenvalue weighted by molar-refractivity contribution is 9.10. The first-order valence-corrected chi connectivity index (χ1v) is 8.91. The molecular formula is C19H24BrN3O. The number of pyridine rings is 1. The molecule has 2 aromatic rings. The van der Waals surface area contributed by atoms with Gasteiger partial charge in [-0.3, -0.25) is 0 Å². The van der Waals surface area contributed by atoms with Gasteiger partial charge in [0.05, 0.1) is 22.2 Å². The summed E-state index contributed by atoms with van der Waals surface area (Å²) < 4.78 is 6.83. The van der Waals surface area contributed by atoms with Gasteiger partial charge in [0.1, 0.15) is 6.10 Å². The molecule has 1 atom stereocenters. The van der Waals surface area contributed by atoms with Crippen LogP contribution in [0.5, 0.6) is 5.88 Å². The molecule has 1 aromatic carbocycles. The summed E-state index contributed by atoms with van der Waals surface area (Å²) in [6, 6.07) is 12.3. The average molecular weight is 390 g/mol. The Morgan fingerprint density at radius 2 is 2.04 bits per heavy atom. The molecule has 0 amide bonds. The number of nitrogens with zero attached hydrogens (tertiary/aromatic N) is 3. The Hall–Kier alpha value is -1.88. The predicted molar refractivity (Wildman–Crippen MR) is 103 cm³/mol. The molecule has 0 unspecified atom stereocenters. The number of hydrogen-bond acceptors (Lipinski definition) is 3. The Morgan fingerprint density at radius 3 is 2.71 bits per heavy atom. The summed E-state index contributed by atoms with van der Waals surface area (Å²) in [4.78, 5) is 11.0. The largest absolute Gasteiger partial charge is 0.473 e. The van der Waals surface area contributed by atoms with Crippen LogP contribution in [-0.2, 0) is 6.42 Å². The van der Waals surface area contributed by atoms with Crippen LogP contribution in [0, 0.1) is 6.92 Å². The zero-order valence-electron chi connectivity index (χ0n) is 14.7. The van der Waals surface area contributed by atoms with Gasteiger partial charge < -0.3 is 9.64 Å². The summed E-state index contributed by atoms with van der Waals surface area (Å²) in [5.74, 6) is 0.610. The third kappa shape index (κ3) is 5.34. The highest BCUT2D eigenvalue weighted by Gasteiger charge is 2.12. The van der Waals surface area contributed by atoms with Crippen molar-refractivity contribution in [2.45, 2.75) is 33.3 Å². The second kappa shape index (κ2) is 8.83. The molecule has 24 heavy (non-hydrogen) atoms. The van der Waals surface area contributed by atoms with Gasteiger partial charge in [0.2, 0.25) is 5.88 Å². The summed E-state index contributed by atoms with van der Waals surface area (Å²) in [7, 11) is 1.99. The van der Waals surface area contributed by atoms with Crippen LogP contribution in [0.15, 0.2) is 45.9 Å². The van der Waals surface area contributed by atoms with E-state index in [1.807, 2.05) is 49.5 Å². The number of halogens is 1. The third-order valence-electron chi connectivity index (χ3n) is 3.68. The average Bonchev–Trinajstić information content (AvgIpc) is 2.57. The number of aryl methyl sites for hydroxylation is 1. The van der Waals surface area contributed by atoms with E-state index in [9.17, 15) is 0 Å². The zero-order chi connectivity index (χ0) is 17.5. The Kier molecular flexibility index (Phi) is 6.79. The standard InChI is InChI=1S/C19H24BrN3O/c1-5-23(4)13-21-18-12-17(20)19(22-15(18)3)24-14(2)11-16-9-7-6-8-10-16/h6-10,12-14H,5,11H2,1-4H3/t14-/m0/s1. The SMILES string of the molecule is CCN(C)C=Nc1cc(Br)c(O[C@@H](C)Cc2ccccc2)nc1C. The van der Waals surface area contributed by atoms with Gasteiger partial charge in [-0.15, -0.1) is 0 Å². The summed E-state index contributed by atoms with van der Waals surface area (Å²) in [5.41, 5.74) is 2.94. The predicted octanol–water partition coefficient (Wildman–Crippen LogP) is 4.77. The van der Waals surface area contributed by atoms with E-state index in [0.29, 0.717) is 5.88 Å². The van der Waals surface area contributed by atoms with Crippen LogP contribution in [0.2, 0.25) is 0 Å². The fraction of sp³-hybridized carbons (Fsp3) is 0.368. The van der Waals surface area contributed by atoms with E-state index in [1.165, 1.54) is 5.56 Å². The number of aliphatic imine (C=N–C) groups is 1. The van der Waals surface area contributed by atoms with Crippen LogP contribution in [0.3, 0.4) is 0 Å². The van der Waals surface area contributed by atoms with Crippen LogP contribution in [0.25, 0.3) is 0 Å². The molecule has 0 bridgehead atoms. The van der Waals surface area contributed by atoms with Crippen molar-refractivity contribution in [1.29, 1.82) is 0 Å². The van der Waals surface area contributed by atoms with Crippen LogP contribution in [0.1, 0.15) is 25.1 Å². The number of hydrogen-bond donors (Lipinski definition) is 0. The maximum atomic E-state index is 6.01. The Labute approximate surface area is 152 Å². The minimum absolute atomic E-state index is 0.0381. The molecule has 0 radical (unpaired) electrons. The molecule has 2 rings (SSSR count). The molecule has 1 aromatic heterocycles. The minimum Gasteiger partial charge on any atom is -0.473 e. The summed E-state index contributed by atoms with van der Waals surface area (Å²) >= 11 is 3.54. The fourth-order valence-electron chi connectivity index (χ4n) is 2.18. The van der Waals surface area contributed by atoms with Gasteiger partial charge in [-0.25, -0.2) is 9.98 Å². The highest BCUT2D eigenvalue weighted by Crippen LogP contribution is 2.30. The van der Waals surface area contributed by atoms with Gasteiger partial charge in [-0.2, -0.15) is 0 Å². The van der Waals surface area contributed by atoms with Gasteiger partial charge >= 0.3 is 0 Å². The molecule has 1 heterocycles. The van der Waals surface area contributed by atoms with Crippen LogP contribution in [0.4, 0.5) is 5.69 Å². The van der Waals surface area contributed by atoms with E-state index < -0.39 is 0 Å². The normalized spacial score (nSPS) is 12.4. The molecule has 5 heteroatoms. The first kappa shape index (κ1) is 18.5. The highest BCUT2D eigenvalue weighted by atomic mass is 79.9. The lowest BCUT2D eigenvalue weighted by Crippen LogP contribution is -2.16. The first-order chi connectivity index (χ1) is 11.5. The van der Waals surface area contributed by atoms with Crippen molar-refractivity contribution in [2.24, 2.45) is 4.99 Å². The molecule has 128 valence electrons. The fourth-order valence-corrected chi connectivity index (χ4v) is 2.58. The lowest BCUT2D eigenvalue weighted by atomic mass is 10.1. The summed E-state index contributed by atoms with van der Waals surface area (Å²) in [6.07, 6.45) is 2.70. The smallest absolute Gasteiger partial charge is 0.228 e. The lowest BCUT2D eigenvalue weighted by Gasteiger charge is -2.16. The van der Waals surface area contributed by atoms with Gasteiger partial charge in [0.15, 0.2) is 0 Å².